The summed E-state index contributed by atoms with van der Waals surface area (Å²) in [6.07, 6.45) is 1.37. The van der Waals surface area contributed by atoms with Crippen molar-refractivity contribution < 1.29 is 9.18 Å². The first-order valence-corrected chi connectivity index (χ1v) is 12.1. The fraction of sp³-hybridized carbons (Fsp3) is 0.292. The van der Waals surface area contributed by atoms with Gasteiger partial charge in [-0.3, -0.25) is 14.5 Å². The zero-order valence-electron chi connectivity index (χ0n) is 17.9. The van der Waals surface area contributed by atoms with Gasteiger partial charge in [-0.05, 0) is 41.8 Å². The highest BCUT2D eigenvalue weighted by Gasteiger charge is 2.21. The highest BCUT2D eigenvalue weighted by molar-refractivity contribution is 7.99. The number of thioether (sulfide) groups is 1. The minimum absolute atomic E-state index is 0.111. The first-order valence-electron chi connectivity index (χ1n) is 10.7. The topological polar surface area (TPSA) is 78.1 Å². The molecule has 0 radical (unpaired) electrons. The highest BCUT2D eigenvalue weighted by Crippen LogP contribution is 2.19. The summed E-state index contributed by atoms with van der Waals surface area (Å²) in [5.41, 5.74) is 3.36. The Balaban J connectivity index is 1.27. The van der Waals surface area contributed by atoms with Gasteiger partial charge in [0.1, 0.15) is 5.82 Å². The standard InChI is InChI=1S/C24H24ClFN4O2S/c25-18-5-1-16(2-6-18)9-11-27-22(31)15-33-24-28-21-10-12-30(14-20(21)23(32)29-24)13-17-3-7-19(26)8-4-17/h1-8H,9-15H2,(H,27,31)(H,28,29,32). The van der Waals surface area contributed by atoms with Crippen LogP contribution < -0.4 is 10.9 Å². The van der Waals surface area contributed by atoms with Crippen LogP contribution in [0.3, 0.4) is 0 Å². The Kier molecular flexibility index (Phi) is 7.80. The van der Waals surface area contributed by atoms with Crippen molar-refractivity contribution >= 4 is 29.3 Å². The Bertz CT molecular complexity index is 1170. The predicted molar refractivity (Wildman–Crippen MR) is 128 cm³/mol. The first-order chi connectivity index (χ1) is 16.0. The van der Waals surface area contributed by atoms with Crippen molar-refractivity contribution in [3.05, 3.63) is 92.1 Å². The number of nitrogens with zero attached hydrogens (tertiary/aromatic N) is 2. The lowest BCUT2D eigenvalue weighted by atomic mass is 10.1. The van der Waals surface area contributed by atoms with Crippen molar-refractivity contribution in [3.8, 4) is 0 Å². The van der Waals surface area contributed by atoms with Gasteiger partial charge in [-0.15, -0.1) is 0 Å². The number of benzene rings is 2. The molecule has 2 heterocycles. The zero-order valence-corrected chi connectivity index (χ0v) is 19.5. The van der Waals surface area contributed by atoms with Gasteiger partial charge in [0.05, 0.1) is 17.0 Å². The van der Waals surface area contributed by atoms with E-state index in [1.54, 1.807) is 12.1 Å². The number of fused-ring (bicyclic) bond motifs is 1. The van der Waals surface area contributed by atoms with Crippen LogP contribution in [0.2, 0.25) is 5.02 Å². The molecule has 1 aliphatic heterocycles. The van der Waals surface area contributed by atoms with Crippen LogP contribution in [0.15, 0.2) is 58.5 Å². The van der Waals surface area contributed by atoms with E-state index < -0.39 is 0 Å². The van der Waals surface area contributed by atoms with Crippen LogP contribution >= 0.6 is 23.4 Å². The third kappa shape index (κ3) is 6.66. The van der Waals surface area contributed by atoms with Crippen molar-refractivity contribution in [1.82, 2.24) is 20.2 Å². The average molecular weight is 487 g/mol. The molecule has 0 spiro atoms. The molecule has 0 bridgehead atoms. The number of nitrogens with one attached hydrogen (secondary N) is 2. The van der Waals surface area contributed by atoms with Crippen molar-refractivity contribution in [2.45, 2.75) is 31.1 Å². The normalized spacial score (nSPS) is 13.5. The number of carbonyl (C=O) groups excluding carboxylic acids is 1. The third-order valence-electron chi connectivity index (χ3n) is 5.43. The average Bonchev–Trinajstić information content (AvgIpc) is 2.81. The third-order valence-corrected chi connectivity index (χ3v) is 6.56. The van der Waals surface area contributed by atoms with E-state index in [-0.39, 0.29) is 23.0 Å². The summed E-state index contributed by atoms with van der Waals surface area (Å²) in [5.74, 6) is -0.192. The molecule has 0 saturated carbocycles. The summed E-state index contributed by atoms with van der Waals surface area (Å²) in [6, 6.07) is 13.9. The van der Waals surface area contributed by atoms with Crippen molar-refractivity contribution in [2.24, 2.45) is 0 Å². The van der Waals surface area contributed by atoms with Crippen LogP contribution in [0.25, 0.3) is 0 Å². The second-order valence-corrected chi connectivity index (χ2v) is 9.30. The van der Waals surface area contributed by atoms with Crippen LogP contribution in [-0.4, -0.2) is 39.6 Å². The predicted octanol–water partition coefficient (Wildman–Crippen LogP) is 3.57. The molecule has 4 rings (SSSR count). The smallest absolute Gasteiger partial charge is 0.256 e. The van der Waals surface area contributed by atoms with Gasteiger partial charge >= 0.3 is 0 Å². The molecule has 172 valence electrons. The Labute approximate surface area is 200 Å². The van der Waals surface area contributed by atoms with Crippen molar-refractivity contribution in [1.29, 1.82) is 0 Å². The van der Waals surface area contributed by atoms with Crippen LogP contribution in [-0.2, 0) is 30.7 Å². The molecule has 1 amide bonds. The highest BCUT2D eigenvalue weighted by atomic mass is 35.5. The minimum Gasteiger partial charge on any atom is -0.355 e. The van der Waals surface area contributed by atoms with E-state index in [1.807, 2.05) is 24.3 Å². The van der Waals surface area contributed by atoms with Crippen LogP contribution in [0, 0.1) is 5.82 Å². The quantitative estimate of drug-likeness (QED) is 0.376. The first kappa shape index (κ1) is 23.5. The summed E-state index contributed by atoms with van der Waals surface area (Å²) in [7, 11) is 0. The fourth-order valence-electron chi connectivity index (χ4n) is 3.69. The van der Waals surface area contributed by atoms with E-state index in [0.29, 0.717) is 41.8 Å². The second-order valence-electron chi connectivity index (χ2n) is 7.90. The maximum atomic E-state index is 13.1. The molecule has 2 N–H and O–H groups in total. The minimum atomic E-state index is -0.261. The van der Waals surface area contributed by atoms with Gasteiger partial charge < -0.3 is 10.3 Å². The van der Waals surface area contributed by atoms with Gasteiger partial charge in [0.25, 0.3) is 5.56 Å². The maximum absolute atomic E-state index is 13.1. The van der Waals surface area contributed by atoms with E-state index in [0.717, 1.165) is 29.8 Å². The number of amides is 1. The van der Waals surface area contributed by atoms with Crippen LogP contribution in [0.5, 0.6) is 0 Å². The largest absolute Gasteiger partial charge is 0.355 e. The van der Waals surface area contributed by atoms with Crippen molar-refractivity contribution in [3.63, 3.8) is 0 Å². The lowest BCUT2D eigenvalue weighted by Crippen LogP contribution is -2.35. The molecule has 2 aromatic carbocycles. The molecule has 0 aliphatic carbocycles. The number of aromatic nitrogens is 2. The number of hydrogen-bond donors (Lipinski definition) is 2. The maximum Gasteiger partial charge on any atom is 0.256 e. The molecule has 0 atom stereocenters. The van der Waals surface area contributed by atoms with Crippen molar-refractivity contribution in [2.75, 3.05) is 18.8 Å². The summed E-state index contributed by atoms with van der Waals surface area (Å²) in [5, 5.41) is 4.03. The summed E-state index contributed by atoms with van der Waals surface area (Å²) in [6.45, 7) is 2.42. The van der Waals surface area contributed by atoms with Gasteiger partial charge in [0, 0.05) is 37.6 Å². The summed E-state index contributed by atoms with van der Waals surface area (Å²) < 4.78 is 13.1. The lowest BCUT2D eigenvalue weighted by Gasteiger charge is -2.27. The molecule has 9 heteroatoms. The Hall–Kier alpha value is -2.68. The van der Waals surface area contributed by atoms with Gasteiger partial charge in [0.2, 0.25) is 5.91 Å². The number of aromatic amines is 1. The summed E-state index contributed by atoms with van der Waals surface area (Å²) >= 11 is 7.10. The number of hydrogen-bond acceptors (Lipinski definition) is 5. The van der Waals surface area contributed by atoms with Crippen LogP contribution in [0.1, 0.15) is 22.4 Å². The number of halogens is 2. The fourth-order valence-corrected chi connectivity index (χ4v) is 4.53. The van der Waals surface area contributed by atoms with E-state index in [9.17, 15) is 14.0 Å². The number of H-pyrrole nitrogens is 1. The Morgan fingerprint density at radius 1 is 1.15 bits per heavy atom. The molecule has 1 aromatic heterocycles. The van der Waals surface area contributed by atoms with E-state index in [4.69, 9.17) is 11.6 Å². The molecule has 0 saturated heterocycles. The molecule has 33 heavy (non-hydrogen) atoms. The van der Waals surface area contributed by atoms with E-state index in [2.05, 4.69) is 20.2 Å². The molecule has 6 nitrogen and oxygen atoms in total. The van der Waals surface area contributed by atoms with Gasteiger partial charge in [-0.1, -0.05) is 47.6 Å². The molecule has 1 aliphatic rings. The number of carbonyl (C=O) groups is 1. The second kappa shape index (κ2) is 11.0. The van der Waals surface area contributed by atoms with Gasteiger partial charge in [-0.25, -0.2) is 9.37 Å². The molecular weight excluding hydrogens is 463 g/mol. The van der Waals surface area contributed by atoms with Gasteiger partial charge in [-0.2, -0.15) is 0 Å². The molecule has 3 aromatic rings. The van der Waals surface area contributed by atoms with E-state index in [1.165, 1.54) is 23.9 Å². The number of rotatable bonds is 8. The molecular formula is C24H24ClFN4O2S. The molecule has 0 fully saturated rings. The monoisotopic (exact) mass is 486 g/mol. The zero-order chi connectivity index (χ0) is 23.2. The lowest BCUT2D eigenvalue weighted by molar-refractivity contribution is -0.118. The van der Waals surface area contributed by atoms with Crippen LogP contribution in [0.4, 0.5) is 4.39 Å². The SMILES string of the molecule is O=C(CSc1nc2c(c(=O)[nH]1)CN(Cc1ccc(F)cc1)CC2)NCCc1ccc(Cl)cc1. The Morgan fingerprint density at radius 2 is 1.88 bits per heavy atom. The Morgan fingerprint density at radius 3 is 2.64 bits per heavy atom. The van der Waals surface area contributed by atoms with E-state index >= 15 is 0 Å². The molecule has 0 unspecified atom stereocenters. The summed E-state index contributed by atoms with van der Waals surface area (Å²) in [4.78, 5) is 34.3. The van der Waals surface area contributed by atoms with Gasteiger partial charge in [0.15, 0.2) is 5.16 Å².